The number of likely N-dealkylation sites (tertiary alicyclic amines) is 1. The zero-order chi connectivity index (χ0) is 15.4. The lowest BCUT2D eigenvalue weighted by Crippen LogP contribution is -2.37. The minimum Gasteiger partial charge on any atom is -0.335 e. The SMILES string of the molecule is O=C(c1ccc(-c2n[nH]c(C3CC3)n2)cc1)N1C[C@H]2CC[C@H]1C2. The van der Waals surface area contributed by atoms with Crippen molar-refractivity contribution >= 4 is 5.91 Å². The predicted molar refractivity (Wildman–Crippen MR) is 86.0 cm³/mol. The first-order chi connectivity index (χ1) is 11.3. The van der Waals surface area contributed by atoms with Gasteiger partial charge in [0.05, 0.1) is 0 Å². The summed E-state index contributed by atoms with van der Waals surface area (Å²) in [6.07, 6.45) is 6.09. The summed E-state index contributed by atoms with van der Waals surface area (Å²) in [5.41, 5.74) is 1.74. The molecule has 5 nitrogen and oxygen atoms in total. The van der Waals surface area contributed by atoms with E-state index in [0.717, 1.165) is 35.2 Å². The Hall–Kier alpha value is -2.17. The number of carbonyl (C=O) groups is 1. The van der Waals surface area contributed by atoms with E-state index >= 15 is 0 Å². The van der Waals surface area contributed by atoms with Crippen molar-refractivity contribution in [1.29, 1.82) is 0 Å². The molecule has 3 aliphatic rings. The number of piperidine rings is 1. The van der Waals surface area contributed by atoms with Crippen LogP contribution < -0.4 is 0 Å². The lowest BCUT2D eigenvalue weighted by molar-refractivity contribution is 0.0703. The van der Waals surface area contributed by atoms with Crippen LogP contribution in [0.4, 0.5) is 0 Å². The summed E-state index contributed by atoms with van der Waals surface area (Å²) in [6.45, 7) is 0.941. The number of aromatic amines is 1. The van der Waals surface area contributed by atoms with Gasteiger partial charge in [0.15, 0.2) is 5.82 Å². The van der Waals surface area contributed by atoms with Gasteiger partial charge in [0.2, 0.25) is 0 Å². The third-order valence-corrected chi connectivity index (χ3v) is 5.53. The molecule has 1 aromatic heterocycles. The van der Waals surface area contributed by atoms with E-state index in [1.54, 1.807) is 0 Å². The maximum absolute atomic E-state index is 12.7. The van der Waals surface area contributed by atoms with E-state index in [1.165, 1.54) is 32.1 Å². The lowest BCUT2D eigenvalue weighted by atomic mass is 10.1. The van der Waals surface area contributed by atoms with Gasteiger partial charge in [-0.25, -0.2) is 4.98 Å². The molecule has 0 radical (unpaired) electrons. The molecule has 1 aliphatic heterocycles. The molecule has 3 fully saturated rings. The number of benzene rings is 1. The molecule has 1 aromatic carbocycles. The highest BCUT2D eigenvalue weighted by Crippen LogP contribution is 2.39. The van der Waals surface area contributed by atoms with Gasteiger partial charge in [0.25, 0.3) is 5.91 Å². The number of hydrogen-bond acceptors (Lipinski definition) is 3. The normalized spacial score (nSPS) is 26.0. The molecule has 0 unspecified atom stereocenters. The second-order valence-corrected chi connectivity index (χ2v) is 7.19. The van der Waals surface area contributed by atoms with Crippen LogP contribution in [0.2, 0.25) is 0 Å². The summed E-state index contributed by atoms with van der Waals surface area (Å²) < 4.78 is 0. The van der Waals surface area contributed by atoms with Crippen LogP contribution in [0.1, 0.15) is 54.2 Å². The molecule has 2 heterocycles. The number of amides is 1. The minimum absolute atomic E-state index is 0.178. The maximum atomic E-state index is 12.7. The molecular formula is C18H20N4O. The third-order valence-electron chi connectivity index (χ3n) is 5.53. The fraction of sp³-hybridized carbons (Fsp3) is 0.500. The van der Waals surface area contributed by atoms with Crippen molar-refractivity contribution in [2.24, 2.45) is 5.92 Å². The fourth-order valence-corrected chi connectivity index (χ4v) is 4.04. The maximum Gasteiger partial charge on any atom is 0.254 e. The van der Waals surface area contributed by atoms with Crippen molar-refractivity contribution in [1.82, 2.24) is 20.1 Å². The molecule has 2 aliphatic carbocycles. The molecule has 1 amide bonds. The molecule has 23 heavy (non-hydrogen) atoms. The zero-order valence-electron chi connectivity index (χ0n) is 13.0. The van der Waals surface area contributed by atoms with Gasteiger partial charge in [0.1, 0.15) is 5.82 Å². The molecule has 5 rings (SSSR count). The van der Waals surface area contributed by atoms with Crippen molar-refractivity contribution < 1.29 is 4.79 Å². The van der Waals surface area contributed by atoms with Crippen LogP contribution >= 0.6 is 0 Å². The lowest BCUT2D eigenvalue weighted by Gasteiger charge is -2.27. The number of rotatable bonds is 3. The predicted octanol–water partition coefficient (Wildman–Crippen LogP) is 2.97. The highest BCUT2D eigenvalue weighted by Gasteiger charge is 2.40. The Morgan fingerprint density at radius 2 is 1.96 bits per heavy atom. The summed E-state index contributed by atoms with van der Waals surface area (Å²) in [6, 6.07) is 8.22. The standard InChI is InChI=1S/C18H20N4O/c23-18(22-10-11-1-8-15(22)9-11)14-6-4-13(5-7-14)17-19-16(20-21-17)12-2-3-12/h4-7,11-12,15H,1-3,8-10H2,(H,19,20,21)/t11-,15-/m0/s1. The number of hydrogen-bond donors (Lipinski definition) is 1. The Bertz CT molecular complexity index is 747. The Morgan fingerprint density at radius 3 is 2.61 bits per heavy atom. The molecule has 2 atom stereocenters. The fourth-order valence-electron chi connectivity index (χ4n) is 4.04. The molecule has 2 bridgehead atoms. The van der Waals surface area contributed by atoms with Crippen LogP contribution in [0.3, 0.4) is 0 Å². The molecule has 2 aromatic rings. The Labute approximate surface area is 135 Å². The number of carbonyl (C=O) groups excluding carboxylic acids is 1. The van der Waals surface area contributed by atoms with Crippen LogP contribution in [-0.2, 0) is 0 Å². The first-order valence-electron chi connectivity index (χ1n) is 8.61. The summed E-state index contributed by atoms with van der Waals surface area (Å²) >= 11 is 0. The third kappa shape index (κ3) is 2.26. The smallest absolute Gasteiger partial charge is 0.254 e. The van der Waals surface area contributed by atoms with E-state index in [2.05, 4.69) is 20.1 Å². The van der Waals surface area contributed by atoms with Gasteiger partial charge in [0, 0.05) is 29.6 Å². The van der Waals surface area contributed by atoms with Crippen molar-refractivity contribution in [2.75, 3.05) is 6.54 Å². The number of nitrogens with one attached hydrogen (secondary N) is 1. The van der Waals surface area contributed by atoms with Crippen LogP contribution in [0, 0.1) is 5.92 Å². The van der Waals surface area contributed by atoms with Gasteiger partial charge < -0.3 is 4.90 Å². The summed E-state index contributed by atoms with van der Waals surface area (Å²) in [7, 11) is 0. The largest absolute Gasteiger partial charge is 0.335 e. The second kappa shape index (κ2) is 4.91. The number of aromatic nitrogens is 3. The summed E-state index contributed by atoms with van der Waals surface area (Å²) in [5, 5.41) is 7.33. The molecule has 5 heteroatoms. The van der Waals surface area contributed by atoms with E-state index in [9.17, 15) is 4.79 Å². The molecule has 118 valence electrons. The van der Waals surface area contributed by atoms with Crippen LogP contribution in [0.25, 0.3) is 11.4 Å². The van der Waals surface area contributed by atoms with Crippen molar-refractivity contribution in [3.8, 4) is 11.4 Å². The molecule has 0 spiro atoms. The van der Waals surface area contributed by atoms with Crippen molar-refractivity contribution in [3.05, 3.63) is 35.7 Å². The molecular weight excluding hydrogens is 288 g/mol. The summed E-state index contributed by atoms with van der Waals surface area (Å²) in [5.74, 6) is 3.21. The molecule has 1 saturated heterocycles. The monoisotopic (exact) mass is 308 g/mol. The molecule has 1 N–H and O–H groups in total. The highest BCUT2D eigenvalue weighted by atomic mass is 16.2. The topological polar surface area (TPSA) is 61.9 Å². The first-order valence-corrected chi connectivity index (χ1v) is 8.61. The van der Waals surface area contributed by atoms with Gasteiger partial charge in [-0.15, -0.1) is 0 Å². The first kappa shape index (κ1) is 13.3. The van der Waals surface area contributed by atoms with Gasteiger partial charge in [-0.2, -0.15) is 5.10 Å². The Morgan fingerprint density at radius 1 is 1.13 bits per heavy atom. The second-order valence-electron chi connectivity index (χ2n) is 7.19. The Kier molecular flexibility index (Phi) is 2.84. The van der Waals surface area contributed by atoms with Crippen LogP contribution in [0.15, 0.2) is 24.3 Å². The van der Waals surface area contributed by atoms with Gasteiger partial charge in [-0.1, -0.05) is 12.1 Å². The van der Waals surface area contributed by atoms with Gasteiger partial charge in [-0.3, -0.25) is 9.89 Å². The quantitative estimate of drug-likeness (QED) is 0.948. The zero-order valence-corrected chi connectivity index (χ0v) is 13.0. The van der Waals surface area contributed by atoms with Gasteiger partial charge in [-0.05, 0) is 50.2 Å². The minimum atomic E-state index is 0.178. The van der Waals surface area contributed by atoms with Crippen molar-refractivity contribution in [3.63, 3.8) is 0 Å². The average Bonchev–Trinajstić information content (AvgIpc) is 3.03. The summed E-state index contributed by atoms with van der Waals surface area (Å²) in [4.78, 5) is 19.3. The van der Waals surface area contributed by atoms with E-state index in [-0.39, 0.29) is 5.91 Å². The molecule has 2 saturated carbocycles. The number of H-pyrrole nitrogens is 1. The van der Waals surface area contributed by atoms with E-state index < -0.39 is 0 Å². The van der Waals surface area contributed by atoms with Crippen molar-refractivity contribution in [2.45, 2.75) is 44.1 Å². The van der Waals surface area contributed by atoms with E-state index in [0.29, 0.717) is 12.0 Å². The Balaban J connectivity index is 1.35. The van der Waals surface area contributed by atoms with Gasteiger partial charge >= 0.3 is 0 Å². The van der Waals surface area contributed by atoms with E-state index in [4.69, 9.17) is 0 Å². The highest BCUT2D eigenvalue weighted by molar-refractivity contribution is 5.95. The van der Waals surface area contributed by atoms with Crippen LogP contribution in [-0.4, -0.2) is 38.6 Å². The van der Waals surface area contributed by atoms with E-state index in [1.807, 2.05) is 24.3 Å². The average molecular weight is 308 g/mol. The number of nitrogens with zero attached hydrogens (tertiary/aromatic N) is 3. The van der Waals surface area contributed by atoms with Crippen LogP contribution in [0.5, 0.6) is 0 Å². The number of fused-ring (bicyclic) bond motifs is 2.